The lowest BCUT2D eigenvalue weighted by molar-refractivity contribution is -0.385. The molecule has 178 valence electrons. The summed E-state index contributed by atoms with van der Waals surface area (Å²) in [5.74, 6) is -2.10. The molecule has 2 aromatic rings. The van der Waals surface area contributed by atoms with Gasteiger partial charge in [-0.05, 0) is 23.8 Å². The van der Waals surface area contributed by atoms with Gasteiger partial charge in [-0.15, -0.1) is 0 Å². The minimum absolute atomic E-state index is 0.0524. The van der Waals surface area contributed by atoms with E-state index in [1.165, 1.54) is 18.2 Å². The Morgan fingerprint density at radius 3 is 2.06 bits per heavy atom. The van der Waals surface area contributed by atoms with E-state index in [4.69, 9.17) is 0 Å². The Balaban J connectivity index is 2.29. The zero-order valence-electron chi connectivity index (χ0n) is 16.8. The Labute approximate surface area is 182 Å². The fourth-order valence-corrected chi connectivity index (χ4v) is 2.97. The highest BCUT2D eigenvalue weighted by Gasteiger charge is 2.37. The molecular weight excluding hydrogens is 462 g/mol. The van der Waals surface area contributed by atoms with Crippen LogP contribution < -0.4 is 5.32 Å². The first-order valence-corrected chi connectivity index (χ1v) is 9.10. The molecule has 1 atom stereocenters. The van der Waals surface area contributed by atoms with Crippen molar-refractivity contribution in [2.75, 3.05) is 7.11 Å². The smallest absolute Gasteiger partial charge is 0.416 e. The van der Waals surface area contributed by atoms with Crippen LogP contribution in [0.2, 0.25) is 0 Å². The van der Waals surface area contributed by atoms with Gasteiger partial charge in [0.25, 0.3) is 5.69 Å². The second-order valence-electron chi connectivity index (χ2n) is 6.82. The maximum atomic E-state index is 13.0. The maximum Gasteiger partial charge on any atom is 0.416 e. The van der Waals surface area contributed by atoms with Gasteiger partial charge in [0.1, 0.15) is 6.04 Å². The van der Waals surface area contributed by atoms with Crippen molar-refractivity contribution in [2.24, 2.45) is 0 Å². The molecule has 0 aliphatic heterocycles. The third-order valence-electron chi connectivity index (χ3n) is 4.45. The highest BCUT2D eigenvalue weighted by molar-refractivity contribution is 5.86. The van der Waals surface area contributed by atoms with Gasteiger partial charge in [-0.3, -0.25) is 14.9 Å². The van der Waals surface area contributed by atoms with Crippen molar-refractivity contribution in [3.05, 3.63) is 74.8 Å². The predicted octanol–water partition coefficient (Wildman–Crippen LogP) is 4.08. The molecule has 2 aromatic carbocycles. The number of nitro groups is 1. The molecule has 0 fully saturated rings. The van der Waals surface area contributed by atoms with Gasteiger partial charge < -0.3 is 10.1 Å². The summed E-state index contributed by atoms with van der Waals surface area (Å²) >= 11 is 0. The van der Waals surface area contributed by atoms with Gasteiger partial charge in [0, 0.05) is 18.1 Å². The summed E-state index contributed by atoms with van der Waals surface area (Å²) in [5.41, 5.74) is -4.08. The number of carbonyl (C=O) groups excluding carboxylic acids is 2. The van der Waals surface area contributed by atoms with Crippen molar-refractivity contribution in [2.45, 2.75) is 31.2 Å². The number of methoxy groups -OCH3 is 1. The predicted molar refractivity (Wildman–Crippen MR) is 101 cm³/mol. The Hall–Kier alpha value is -3.64. The molecular formula is C20H16F6N2O5. The first-order valence-electron chi connectivity index (χ1n) is 9.10. The lowest BCUT2D eigenvalue weighted by Gasteiger charge is -2.18. The minimum Gasteiger partial charge on any atom is -0.467 e. The van der Waals surface area contributed by atoms with Gasteiger partial charge in [-0.1, -0.05) is 18.2 Å². The van der Waals surface area contributed by atoms with Gasteiger partial charge >= 0.3 is 18.3 Å². The summed E-state index contributed by atoms with van der Waals surface area (Å²) in [4.78, 5) is 34.8. The summed E-state index contributed by atoms with van der Waals surface area (Å²) in [6, 6.07) is 4.53. The second-order valence-corrected chi connectivity index (χ2v) is 6.82. The third kappa shape index (κ3) is 6.92. The van der Waals surface area contributed by atoms with E-state index in [1.54, 1.807) is 0 Å². The van der Waals surface area contributed by atoms with E-state index >= 15 is 0 Å². The summed E-state index contributed by atoms with van der Waals surface area (Å²) in [5, 5.41) is 13.3. The van der Waals surface area contributed by atoms with Crippen LogP contribution in [0.5, 0.6) is 0 Å². The zero-order valence-corrected chi connectivity index (χ0v) is 16.8. The summed E-state index contributed by atoms with van der Waals surface area (Å²) in [6.45, 7) is 0. The number of benzene rings is 2. The number of carbonyl (C=O) groups is 2. The lowest BCUT2D eigenvalue weighted by Crippen LogP contribution is -2.43. The Bertz CT molecular complexity index is 1020. The largest absolute Gasteiger partial charge is 0.467 e. The first kappa shape index (κ1) is 25.6. The topological polar surface area (TPSA) is 98.5 Å². The molecule has 0 saturated carbocycles. The molecule has 1 amide bonds. The highest BCUT2D eigenvalue weighted by Crippen LogP contribution is 2.36. The molecule has 0 radical (unpaired) electrons. The van der Waals surface area contributed by atoms with Crippen LogP contribution in [0.1, 0.15) is 22.3 Å². The van der Waals surface area contributed by atoms with Crippen LogP contribution in [0.4, 0.5) is 32.0 Å². The molecule has 13 heteroatoms. The van der Waals surface area contributed by atoms with E-state index in [2.05, 4.69) is 10.1 Å². The molecule has 0 unspecified atom stereocenters. The van der Waals surface area contributed by atoms with Crippen LogP contribution in [0.25, 0.3) is 0 Å². The second kappa shape index (κ2) is 9.88. The van der Waals surface area contributed by atoms with Crippen molar-refractivity contribution < 1.29 is 45.6 Å². The number of amides is 1. The van der Waals surface area contributed by atoms with Crippen LogP contribution >= 0.6 is 0 Å². The average molecular weight is 478 g/mol. The van der Waals surface area contributed by atoms with Crippen LogP contribution in [0.3, 0.4) is 0 Å². The van der Waals surface area contributed by atoms with Crippen molar-refractivity contribution >= 4 is 17.6 Å². The van der Waals surface area contributed by atoms with E-state index < -0.39 is 64.7 Å². The van der Waals surface area contributed by atoms with Gasteiger partial charge in [-0.2, -0.15) is 26.3 Å². The summed E-state index contributed by atoms with van der Waals surface area (Å²) in [6.07, 6.45) is -11.5. The zero-order chi connectivity index (χ0) is 25.0. The number of nitro benzene ring substituents is 1. The van der Waals surface area contributed by atoms with E-state index in [0.717, 1.165) is 13.2 Å². The number of nitrogens with one attached hydrogen (secondary N) is 1. The first-order chi connectivity index (χ1) is 15.2. The van der Waals surface area contributed by atoms with Gasteiger partial charge in [0.2, 0.25) is 5.91 Å². The summed E-state index contributed by atoms with van der Waals surface area (Å²) < 4.78 is 82.5. The molecule has 0 heterocycles. The Morgan fingerprint density at radius 2 is 1.58 bits per heavy atom. The van der Waals surface area contributed by atoms with Gasteiger partial charge in [-0.25, -0.2) is 4.79 Å². The number of halogens is 6. The number of rotatable bonds is 7. The third-order valence-corrected chi connectivity index (χ3v) is 4.45. The highest BCUT2D eigenvalue weighted by atomic mass is 19.4. The molecule has 0 aromatic heterocycles. The maximum absolute atomic E-state index is 13.0. The molecule has 0 spiro atoms. The Kier molecular flexibility index (Phi) is 7.67. The number of nitrogens with zero attached hydrogens (tertiary/aromatic N) is 1. The number of alkyl halides is 6. The van der Waals surface area contributed by atoms with E-state index in [1.807, 2.05) is 0 Å². The van der Waals surface area contributed by atoms with Crippen LogP contribution in [0.15, 0.2) is 42.5 Å². The van der Waals surface area contributed by atoms with Gasteiger partial charge in [0.15, 0.2) is 0 Å². The van der Waals surface area contributed by atoms with Crippen molar-refractivity contribution in [3.8, 4) is 0 Å². The van der Waals surface area contributed by atoms with Crippen molar-refractivity contribution in [3.63, 3.8) is 0 Å². The number of hydrogen-bond donors (Lipinski definition) is 1. The van der Waals surface area contributed by atoms with E-state index in [0.29, 0.717) is 12.1 Å². The minimum atomic E-state index is -5.09. The molecule has 2 rings (SSSR count). The Morgan fingerprint density at radius 1 is 1.03 bits per heavy atom. The molecule has 0 saturated heterocycles. The molecule has 0 aliphatic rings. The van der Waals surface area contributed by atoms with Crippen LogP contribution in [-0.2, 0) is 39.5 Å². The molecule has 1 N–H and O–H groups in total. The fraction of sp³-hybridized carbons (Fsp3) is 0.300. The van der Waals surface area contributed by atoms with E-state index in [-0.39, 0.29) is 17.3 Å². The molecule has 33 heavy (non-hydrogen) atoms. The lowest BCUT2D eigenvalue weighted by atomic mass is 10.0. The monoisotopic (exact) mass is 478 g/mol. The number of esters is 1. The van der Waals surface area contributed by atoms with Gasteiger partial charge in [0.05, 0.1) is 29.6 Å². The molecule has 7 nitrogen and oxygen atoms in total. The standard InChI is InChI=1S/C20H16F6N2O5/c1-33-18(30)15(9-12-4-2-3-5-16(12)28(31)32)27-17(29)8-11-6-13(19(21,22)23)10-14(7-11)20(24,25)26/h2-7,10,15H,8-9H2,1H3,(H,27,29)/t15-/m1/s1. The number of para-hydroxylation sites is 1. The van der Waals surface area contributed by atoms with Crippen LogP contribution in [-0.4, -0.2) is 30.0 Å². The van der Waals surface area contributed by atoms with Crippen molar-refractivity contribution in [1.82, 2.24) is 5.32 Å². The normalized spacial score (nSPS) is 12.7. The molecule has 0 aliphatic carbocycles. The van der Waals surface area contributed by atoms with Crippen LogP contribution in [0, 0.1) is 10.1 Å². The number of hydrogen-bond acceptors (Lipinski definition) is 5. The SMILES string of the molecule is COC(=O)[C@@H](Cc1ccccc1[N+](=O)[O-])NC(=O)Cc1cc(C(F)(F)F)cc(C(F)(F)F)c1. The van der Waals surface area contributed by atoms with E-state index in [9.17, 15) is 46.0 Å². The number of ether oxygens (including phenoxy) is 1. The van der Waals surface area contributed by atoms with Crippen molar-refractivity contribution in [1.29, 1.82) is 0 Å². The fourth-order valence-electron chi connectivity index (χ4n) is 2.97. The average Bonchev–Trinajstić information content (AvgIpc) is 2.71. The molecule has 0 bridgehead atoms. The summed E-state index contributed by atoms with van der Waals surface area (Å²) in [7, 11) is 0.976. The quantitative estimate of drug-likeness (QED) is 0.280.